The quantitative estimate of drug-likeness (QED) is 0.733. The van der Waals surface area contributed by atoms with Crippen LogP contribution in [0.2, 0.25) is 0 Å². The van der Waals surface area contributed by atoms with E-state index in [1.54, 1.807) is 6.20 Å². The monoisotopic (exact) mass is 182 g/mol. The summed E-state index contributed by atoms with van der Waals surface area (Å²) in [4.78, 5) is 7.90. The number of anilines is 2. The first-order valence-corrected chi connectivity index (χ1v) is 4.52. The summed E-state index contributed by atoms with van der Waals surface area (Å²) in [6, 6.07) is 0.368. The van der Waals surface area contributed by atoms with Crippen LogP contribution in [0.5, 0.6) is 0 Å². The minimum absolute atomic E-state index is 0.368. The summed E-state index contributed by atoms with van der Waals surface area (Å²) in [6.45, 7) is 8.08. The molecule has 0 aliphatic heterocycles. The Morgan fingerprint density at radius 2 is 1.85 bits per heavy atom. The van der Waals surface area contributed by atoms with Crippen molar-refractivity contribution in [1.82, 2.24) is 9.97 Å². The van der Waals surface area contributed by atoms with Crippen LogP contribution in [0.25, 0.3) is 0 Å². The summed E-state index contributed by atoms with van der Waals surface area (Å²) in [5.74, 6) is 1.20. The van der Waals surface area contributed by atoms with E-state index in [0.717, 1.165) is 5.82 Å². The Kier molecular flexibility index (Phi) is 5.59. The maximum Gasteiger partial charge on any atom is 0.144 e. The summed E-state index contributed by atoms with van der Waals surface area (Å²) in [5, 5.41) is 3.10. The van der Waals surface area contributed by atoms with Crippen LogP contribution in [0.15, 0.2) is 12.4 Å². The third-order valence-electron chi connectivity index (χ3n) is 1.11. The maximum atomic E-state index is 5.36. The fourth-order valence-corrected chi connectivity index (χ4v) is 0.708. The van der Waals surface area contributed by atoms with Gasteiger partial charge in [-0.25, -0.2) is 9.97 Å². The SMILES string of the molecule is CC.CC(C)Nc1cnc(N)cn1. The molecule has 0 amide bonds. The zero-order chi connectivity index (χ0) is 10.3. The molecule has 4 nitrogen and oxygen atoms in total. The molecule has 0 fully saturated rings. The van der Waals surface area contributed by atoms with Gasteiger partial charge in [-0.2, -0.15) is 0 Å². The second kappa shape index (κ2) is 6.22. The molecule has 13 heavy (non-hydrogen) atoms. The van der Waals surface area contributed by atoms with Crippen molar-refractivity contribution in [1.29, 1.82) is 0 Å². The number of hydrogen-bond donors (Lipinski definition) is 2. The first kappa shape index (κ1) is 11.7. The van der Waals surface area contributed by atoms with Gasteiger partial charge in [-0.1, -0.05) is 13.8 Å². The molecular weight excluding hydrogens is 164 g/mol. The number of nitrogens with one attached hydrogen (secondary N) is 1. The summed E-state index contributed by atoms with van der Waals surface area (Å²) in [5.41, 5.74) is 5.36. The largest absolute Gasteiger partial charge is 0.382 e. The molecule has 0 saturated heterocycles. The van der Waals surface area contributed by atoms with E-state index in [1.807, 2.05) is 27.7 Å². The van der Waals surface area contributed by atoms with Crippen molar-refractivity contribution < 1.29 is 0 Å². The Morgan fingerprint density at radius 1 is 1.23 bits per heavy atom. The van der Waals surface area contributed by atoms with E-state index in [9.17, 15) is 0 Å². The lowest BCUT2D eigenvalue weighted by molar-refractivity contribution is 0.886. The van der Waals surface area contributed by atoms with Gasteiger partial charge in [0.1, 0.15) is 11.6 Å². The van der Waals surface area contributed by atoms with Crippen molar-refractivity contribution in [2.75, 3.05) is 11.1 Å². The van der Waals surface area contributed by atoms with E-state index in [4.69, 9.17) is 5.73 Å². The minimum Gasteiger partial charge on any atom is -0.382 e. The fraction of sp³-hybridized carbons (Fsp3) is 0.556. The summed E-state index contributed by atoms with van der Waals surface area (Å²) in [7, 11) is 0. The smallest absolute Gasteiger partial charge is 0.144 e. The van der Waals surface area contributed by atoms with Crippen LogP contribution in [0.1, 0.15) is 27.7 Å². The van der Waals surface area contributed by atoms with E-state index in [0.29, 0.717) is 11.9 Å². The van der Waals surface area contributed by atoms with Crippen LogP contribution >= 0.6 is 0 Å². The Morgan fingerprint density at radius 3 is 2.23 bits per heavy atom. The van der Waals surface area contributed by atoms with Gasteiger partial charge >= 0.3 is 0 Å². The Balaban J connectivity index is 0.000000671. The van der Waals surface area contributed by atoms with Crippen molar-refractivity contribution in [2.24, 2.45) is 0 Å². The molecule has 0 aliphatic carbocycles. The van der Waals surface area contributed by atoms with Gasteiger partial charge in [0.2, 0.25) is 0 Å². The van der Waals surface area contributed by atoms with E-state index >= 15 is 0 Å². The predicted molar refractivity (Wildman–Crippen MR) is 56.6 cm³/mol. The molecular formula is C9H18N4. The van der Waals surface area contributed by atoms with Crippen molar-refractivity contribution in [3.05, 3.63) is 12.4 Å². The molecule has 1 aromatic rings. The highest BCUT2D eigenvalue weighted by molar-refractivity contribution is 5.36. The number of aromatic nitrogens is 2. The van der Waals surface area contributed by atoms with Gasteiger partial charge in [-0.05, 0) is 13.8 Å². The highest BCUT2D eigenvalue weighted by Crippen LogP contribution is 2.02. The van der Waals surface area contributed by atoms with E-state index in [1.165, 1.54) is 6.20 Å². The van der Waals surface area contributed by atoms with Crippen molar-refractivity contribution >= 4 is 11.6 Å². The molecule has 1 heterocycles. The summed E-state index contributed by atoms with van der Waals surface area (Å²) in [6.07, 6.45) is 3.15. The molecule has 4 heteroatoms. The van der Waals surface area contributed by atoms with Crippen molar-refractivity contribution in [3.63, 3.8) is 0 Å². The van der Waals surface area contributed by atoms with Crippen molar-refractivity contribution in [3.8, 4) is 0 Å². The summed E-state index contributed by atoms with van der Waals surface area (Å²) >= 11 is 0. The molecule has 0 atom stereocenters. The van der Waals surface area contributed by atoms with E-state index in [-0.39, 0.29) is 0 Å². The van der Waals surface area contributed by atoms with Crippen LogP contribution < -0.4 is 11.1 Å². The molecule has 3 N–H and O–H groups in total. The third kappa shape index (κ3) is 5.00. The Labute approximate surface area is 79.6 Å². The molecule has 0 bridgehead atoms. The third-order valence-corrected chi connectivity index (χ3v) is 1.11. The molecule has 0 aromatic carbocycles. The number of nitrogens with zero attached hydrogens (tertiary/aromatic N) is 2. The molecule has 0 radical (unpaired) electrons. The second-order valence-electron chi connectivity index (χ2n) is 2.63. The fourth-order valence-electron chi connectivity index (χ4n) is 0.708. The minimum atomic E-state index is 0.368. The molecule has 0 unspecified atom stereocenters. The van der Waals surface area contributed by atoms with Crippen LogP contribution in [-0.2, 0) is 0 Å². The highest BCUT2D eigenvalue weighted by Gasteiger charge is 1.95. The standard InChI is InChI=1S/C7H12N4.C2H6/c1-5(2)11-7-4-9-6(8)3-10-7;1-2/h3-5H,1-2H3,(H2,8,9)(H,10,11);1-2H3. The van der Waals surface area contributed by atoms with Crippen LogP contribution in [-0.4, -0.2) is 16.0 Å². The molecule has 0 saturated carbocycles. The van der Waals surface area contributed by atoms with Gasteiger partial charge < -0.3 is 11.1 Å². The van der Waals surface area contributed by atoms with Gasteiger partial charge in [0, 0.05) is 6.04 Å². The van der Waals surface area contributed by atoms with Crippen molar-refractivity contribution in [2.45, 2.75) is 33.7 Å². The number of hydrogen-bond acceptors (Lipinski definition) is 4. The van der Waals surface area contributed by atoms with E-state index < -0.39 is 0 Å². The topological polar surface area (TPSA) is 63.8 Å². The Bertz CT molecular complexity index is 218. The lowest BCUT2D eigenvalue weighted by Gasteiger charge is -2.07. The summed E-state index contributed by atoms with van der Waals surface area (Å²) < 4.78 is 0. The molecule has 1 rings (SSSR count). The van der Waals surface area contributed by atoms with Gasteiger partial charge in [0.05, 0.1) is 12.4 Å². The number of nitrogen functional groups attached to an aromatic ring is 1. The van der Waals surface area contributed by atoms with Gasteiger partial charge in [0.15, 0.2) is 0 Å². The van der Waals surface area contributed by atoms with Gasteiger partial charge in [-0.3, -0.25) is 0 Å². The number of rotatable bonds is 2. The molecule has 1 aromatic heterocycles. The first-order valence-electron chi connectivity index (χ1n) is 4.52. The second-order valence-corrected chi connectivity index (χ2v) is 2.63. The zero-order valence-corrected chi connectivity index (χ0v) is 8.70. The van der Waals surface area contributed by atoms with Crippen LogP contribution in [0, 0.1) is 0 Å². The van der Waals surface area contributed by atoms with Gasteiger partial charge in [-0.15, -0.1) is 0 Å². The van der Waals surface area contributed by atoms with E-state index in [2.05, 4.69) is 15.3 Å². The maximum absolute atomic E-state index is 5.36. The lowest BCUT2D eigenvalue weighted by atomic mass is 10.4. The first-order chi connectivity index (χ1) is 6.18. The molecule has 0 spiro atoms. The molecule has 0 aliphatic rings. The zero-order valence-electron chi connectivity index (χ0n) is 8.70. The van der Waals surface area contributed by atoms with Gasteiger partial charge in [0.25, 0.3) is 0 Å². The van der Waals surface area contributed by atoms with Crippen LogP contribution in [0.3, 0.4) is 0 Å². The molecule has 74 valence electrons. The lowest BCUT2D eigenvalue weighted by Crippen LogP contribution is -2.11. The number of nitrogens with two attached hydrogens (primary N) is 1. The average molecular weight is 182 g/mol. The highest BCUT2D eigenvalue weighted by atomic mass is 15.0. The van der Waals surface area contributed by atoms with Crippen LogP contribution in [0.4, 0.5) is 11.6 Å². The normalized spacial score (nSPS) is 9.00. The average Bonchev–Trinajstić information content (AvgIpc) is 2.12. The Hall–Kier alpha value is -1.32. The predicted octanol–water partition coefficient (Wildman–Crippen LogP) is 1.91.